The van der Waals surface area contributed by atoms with Crippen LogP contribution in [0.4, 0.5) is 0 Å². The molecule has 6 heteroatoms. The molecule has 6 nitrogen and oxygen atoms in total. The van der Waals surface area contributed by atoms with Crippen molar-refractivity contribution in [3.8, 4) is 0 Å². The third-order valence-corrected chi connectivity index (χ3v) is 4.17. The highest BCUT2D eigenvalue weighted by Gasteiger charge is 2.43. The monoisotopic (exact) mass is 312 g/mol. The molecule has 1 saturated heterocycles. The molecule has 1 rings (SSSR count). The maximum absolute atomic E-state index is 12.6. The first-order valence-electron chi connectivity index (χ1n) is 7.79. The van der Waals surface area contributed by atoms with Gasteiger partial charge in [0.05, 0.1) is 18.8 Å². The van der Waals surface area contributed by atoms with Crippen LogP contribution in [-0.4, -0.2) is 53.2 Å². The molecule has 3 atom stereocenters. The predicted molar refractivity (Wildman–Crippen MR) is 83.9 cm³/mol. The van der Waals surface area contributed by atoms with Gasteiger partial charge < -0.3 is 20.5 Å². The summed E-state index contributed by atoms with van der Waals surface area (Å²) in [5, 5.41) is 9.82. The largest absolute Gasteiger partial charge is 0.464 e. The number of hydrogen-bond acceptors (Lipinski definition) is 5. The molecule has 3 N–H and O–H groups in total. The van der Waals surface area contributed by atoms with Gasteiger partial charge in [-0.15, -0.1) is 6.58 Å². The van der Waals surface area contributed by atoms with Crippen molar-refractivity contribution in [3.05, 3.63) is 12.7 Å². The second-order valence-electron chi connectivity index (χ2n) is 6.42. The number of nitrogens with zero attached hydrogens (tertiary/aromatic N) is 1. The van der Waals surface area contributed by atoms with Crippen LogP contribution in [0.5, 0.6) is 0 Å². The Kier molecular flexibility index (Phi) is 6.56. The number of aliphatic hydroxyl groups excluding tert-OH is 1. The van der Waals surface area contributed by atoms with Crippen molar-refractivity contribution >= 4 is 11.9 Å². The molecular weight excluding hydrogens is 284 g/mol. The summed E-state index contributed by atoms with van der Waals surface area (Å²) in [7, 11) is 0. The number of carbonyl (C=O) groups is 2. The molecule has 22 heavy (non-hydrogen) atoms. The van der Waals surface area contributed by atoms with Gasteiger partial charge in [0.15, 0.2) is 0 Å². The first-order chi connectivity index (χ1) is 10.2. The van der Waals surface area contributed by atoms with Crippen molar-refractivity contribution in [1.29, 1.82) is 0 Å². The summed E-state index contributed by atoms with van der Waals surface area (Å²) in [6, 6.07) is -1.58. The zero-order valence-corrected chi connectivity index (χ0v) is 13.7. The van der Waals surface area contributed by atoms with Crippen LogP contribution in [0.1, 0.15) is 40.0 Å². The number of nitrogens with two attached hydrogens (primary N) is 1. The zero-order valence-electron chi connectivity index (χ0n) is 13.7. The van der Waals surface area contributed by atoms with Gasteiger partial charge in [0, 0.05) is 18.4 Å². The van der Waals surface area contributed by atoms with E-state index in [1.807, 2.05) is 20.8 Å². The number of hydrogen-bond donors (Lipinski definition) is 2. The Bertz CT molecular complexity index is 422. The Morgan fingerprint density at radius 2 is 2.18 bits per heavy atom. The molecule has 0 aromatic heterocycles. The summed E-state index contributed by atoms with van der Waals surface area (Å²) in [6.07, 6.45) is 2.78. The van der Waals surface area contributed by atoms with Crippen LogP contribution in [-0.2, 0) is 14.3 Å². The summed E-state index contributed by atoms with van der Waals surface area (Å²) >= 11 is 0. The van der Waals surface area contributed by atoms with E-state index in [1.54, 1.807) is 6.08 Å². The van der Waals surface area contributed by atoms with E-state index in [0.717, 1.165) is 12.8 Å². The van der Waals surface area contributed by atoms with Gasteiger partial charge in [-0.3, -0.25) is 4.79 Å². The molecule has 0 aliphatic carbocycles. The van der Waals surface area contributed by atoms with Gasteiger partial charge in [-0.2, -0.15) is 0 Å². The normalized spacial score (nSPS) is 23.2. The number of unbranched alkanes of at least 4 members (excludes halogenated alkanes) is 1. The fourth-order valence-corrected chi connectivity index (χ4v) is 2.32. The third-order valence-electron chi connectivity index (χ3n) is 4.17. The van der Waals surface area contributed by atoms with Crippen molar-refractivity contribution < 1.29 is 19.4 Å². The molecule has 0 unspecified atom stereocenters. The lowest BCUT2D eigenvalue weighted by Crippen LogP contribution is -2.53. The van der Waals surface area contributed by atoms with E-state index in [0.29, 0.717) is 6.61 Å². The molecule has 1 fully saturated rings. The highest BCUT2D eigenvalue weighted by atomic mass is 16.5. The van der Waals surface area contributed by atoms with E-state index in [2.05, 4.69) is 6.58 Å². The fraction of sp³-hybridized carbons (Fsp3) is 0.750. The number of likely N-dealkylation sites (tertiary alicyclic amines) is 1. The smallest absolute Gasteiger partial charge is 0.328 e. The van der Waals surface area contributed by atoms with E-state index in [1.165, 1.54) is 4.90 Å². The zero-order chi connectivity index (χ0) is 16.9. The third kappa shape index (κ3) is 4.30. The van der Waals surface area contributed by atoms with Gasteiger partial charge in [0.2, 0.25) is 5.91 Å². The molecule has 1 amide bonds. The van der Waals surface area contributed by atoms with Crippen LogP contribution < -0.4 is 5.73 Å². The molecule has 126 valence electrons. The molecule has 0 bridgehead atoms. The molecule has 0 aromatic carbocycles. The van der Waals surface area contributed by atoms with Gasteiger partial charge in [-0.1, -0.05) is 33.3 Å². The summed E-state index contributed by atoms with van der Waals surface area (Å²) in [4.78, 5) is 26.1. The number of esters is 1. The van der Waals surface area contributed by atoms with Crippen LogP contribution in [0, 0.1) is 5.41 Å². The fourth-order valence-electron chi connectivity index (χ4n) is 2.32. The quantitative estimate of drug-likeness (QED) is 0.413. The van der Waals surface area contributed by atoms with Crippen molar-refractivity contribution in [2.45, 2.75) is 58.2 Å². The minimum atomic E-state index is -0.818. The van der Waals surface area contributed by atoms with Gasteiger partial charge >= 0.3 is 5.97 Å². The maximum atomic E-state index is 12.6. The molecule has 1 aliphatic rings. The molecule has 1 heterocycles. The van der Waals surface area contributed by atoms with E-state index in [-0.39, 0.29) is 18.9 Å². The van der Waals surface area contributed by atoms with Crippen LogP contribution in [0.15, 0.2) is 12.7 Å². The summed E-state index contributed by atoms with van der Waals surface area (Å²) < 4.78 is 5.18. The molecule has 0 spiro atoms. The molecular formula is C16H28N2O4. The molecule has 1 aliphatic heterocycles. The lowest BCUT2D eigenvalue weighted by molar-refractivity contribution is -0.154. The van der Waals surface area contributed by atoms with Gasteiger partial charge in [0.1, 0.15) is 6.04 Å². The van der Waals surface area contributed by atoms with Crippen molar-refractivity contribution in [3.63, 3.8) is 0 Å². The van der Waals surface area contributed by atoms with Crippen molar-refractivity contribution in [2.24, 2.45) is 11.1 Å². The Morgan fingerprint density at radius 3 is 2.73 bits per heavy atom. The van der Waals surface area contributed by atoms with Gasteiger partial charge in [-0.05, 0) is 6.42 Å². The number of ether oxygens (including phenoxy) is 1. The lowest BCUT2D eigenvalue weighted by Gasteiger charge is -2.32. The highest BCUT2D eigenvalue weighted by Crippen LogP contribution is 2.26. The number of rotatable bonds is 7. The second kappa shape index (κ2) is 7.74. The first kappa shape index (κ1) is 18.6. The lowest BCUT2D eigenvalue weighted by atomic mass is 9.84. The highest BCUT2D eigenvalue weighted by molar-refractivity contribution is 5.89. The maximum Gasteiger partial charge on any atom is 0.328 e. The number of β-amino-alcohol motifs (C(OH)–C–C–N with tert-alkyl or cyclic N) is 1. The average molecular weight is 312 g/mol. The van der Waals surface area contributed by atoms with Crippen LogP contribution in [0.2, 0.25) is 0 Å². The van der Waals surface area contributed by atoms with E-state index >= 15 is 0 Å². The van der Waals surface area contributed by atoms with E-state index in [9.17, 15) is 14.7 Å². The Labute approximate surface area is 132 Å². The van der Waals surface area contributed by atoms with E-state index in [4.69, 9.17) is 10.5 Å². The number of carbonyl (C=O) groups excluding carboxylic acids is 2. The molecule has 0 radical (unpaired) electrons. The van der Waals surface area contributed by atoms with Gasteiger partial charge in [-0.25, -0.2) is 4.79 Å². The molecule has 0 saturated carbocycles. The summed E-state index contributed by atoms with van der Waals surface area (Å²) in [5.74, 6) is -0.833. The van der Waals surface area contributed by atoms with Crippen LogP contribution in [0.3, 0.4) is 0 Å². The minimum absolute atomic E-state index is 0.104. The van der Waals surface area contributed by atoms with E-state index < -0.39 is 29.6 Å². The van der Waals surface area contributed by atoms with Crippen molar-refractivity contribution in [2.75, 3.05) is 13.2 Å². The van der Waals surface area contributed by atoms with Gasteiger partial charge in [0.25, 0.3) is 0 Å². The standard InChI is InChI=1S/C16H28N2O4/c1-5-7-8-22-15(21)12-9-11(19)10-18(12)14(20)13(17)16(3,4)6-2/h6,11-13,19H,2,5,7-10,17H2,1,3-4H3/t11-,12+,13-/m1/s1. The minimum Gasteiger partial charge on any atom is -0.464 e. The Morgan fingerprint density at radius 1 is 1.55 bits per heavy atom. The first-order valence-corrected chi connectivity index (χ1v) is 7.79. The Hall–Kier alpha value is -1.40. The molecule has 0 aromatic rings. The SMILES string of the molecule is C=CC(C)(C)[C@H](N)C(=O)N1C[C@H](O)C[C@H]1C(=O)OCCCC. The number of aliphatic hydroxyl groups is 1. The second-order valence-corrected chi connectivity index (χ2v) is 6.42. The average Bonchev–Trinajstić information content (AvgIpc) is 2.87. The topological polar surface area (TPSA) is 92.9 Å². The summed E-state index contributed by atoms with van der Waals surface area (Å²) in [6.45, 7) is 9.74. The van der Waals surface area contributed by atoms with Crippen molar-refractivity contribution in [1.82, 2.24) is 4.90 Å². The van der Waals surface area contributed by atoms with Crippen LogP contribution in [0.25, 0.3) is 0 Å². The van der Waals surface area contributed by atoms with Crippen LogP contribution >= 0.6 is 0 Å². The summed E-state index contributed by atoms with van der Waals surface area (Å²) in [5.41, 5.74) is 5.42. The Balaban J connectivity index is 2.79. The predicted octanol–water partition coefficient (Wildman–Crippen LogP) is 0.831. The number of amides is 1.